The second-order valence-electron chi connectivity index (χ2n) is 5.19. The van der Waals surface area contributed by atoms with Crippen LogP contribution in [0, 0.1) is 0 Å². The Labute approximate surface area is 134 Å². The Balaban J connectivity index is 2.18. The smallest absolute Gasteiger partial charge is 0.249 e. The van der Waals surface area contributed by atoms with Gasteiger partial charge in [-0.25, -0.2) is 0 Å². The minimum atomic E-state index is -0.454. The highest BCUT2D eigenvalue weighted by molar-refractivity contribution is 7.94. The molecule has 2 rings (SSSR count). The van der Waals surface area contributed by atoms with Gasteiger partial charge in [-0.05, 0) is 44.7 Å². The lowest BCUT2D eigenvalue weighted by molar-refractivity contribution is -0.129. The van der Waals surface area contributed by atoms with Crippen LogP contribution in [-0.2, 0) is 9.59 Å². The summed E-state index contributed by atoms with van der Waals surface area (Å²) in [5.41, 5.74) is 0.712. The van der Waals surface area contributed by atoms with E-state index >= 15 is 0 Å². The summed E-state index contributed by atoms with van der Waals surface area (Å²) in [6.45, 7) is 2.91. The first-order chi connectivity index (χ1) is 10.6. The highest BCUT2D eigenvalue weighted by Crippen LogP contribution is 2.25. The summed E-state index contributed by atoms with van der Waals surface area (Å²) in [6.07, 6.45) is 1.33. The number of anilines is 1. The molecule has 0 aromatic heterocycles. The molecule has 1 fully saturated rings. The van der Waals surface area contributed by atoms with Crippen molar-refractivity contribution in [3.8, 4) is 0 Å². The molecule has 1 aliphatic rings. The number of benzene rings is 1. The molecule has 0 radical (unpaired) electrons. The van der Waals surface area contributed by atoms with Crippen LogP contribution in [0.1, 0.15) is 13.3 Å². The van der Waals surface area contributed by atoms with Gasteiger partial charge >= 0.3 is 0 Å². The lowest BCUT2D eigenvalue weighted by Gasteiger charge is -2.27. The van der Waals surface area contributed by atoms with Gasteiger partial charge in [-0.3, -0.25) is 9.59 Å². The lowest BCUT2D eigenvalue weighted by Crippen LogP contribution is -2.45. The minimum absolute atomic E-state index is 0.104. The summed E-state index contributed by atoms with van der Waals surface area (Å²) in [4.78, 5) is 27.6. The lowest BCUT2D eigenvalue weighted by atomic mass is 10.1. The molecule has 5 nitrogen and oxygen atoms in total. The van der Waals surface area contributed by atoms with Gasteiger partial charge < -0.3 is 15.1 Å². The van der Waals surface area contributed by atoms with Crippen molar-refractivity contribution in [2.75, 3.05) is 25.0 Å². The number of amides is 2. The third-order valence-electron chi connectivity index (χ3n) is 3.99. The molecule has 1 heterocycles. The first kappa shape index (κ1) is 16.8. The topological polar surface area (TPSA) is 52.7 Å². The number of carbonyl (C=O) groups is 2. The van der Waals surface area contributed by atoms with E-state index in [0.29, 0.717) is 30.1 Å². The van der Waals surface area contributed by atoms with Crippen LogP contribution in [0.5, 0.6) is 0 Å². The molecule has 0 spiro atoms. The van der Waals surface area contributed by atoms with Crippen LogP contribution in [0.15, 0.2) is 29.2 Å². The van der Waals surface area contributed by atoms with Crippen molar-refractivity contribution in [2.24, 2.45) is 0 Å². The third kappa shape index (κ3) is 3.41. The summed E-state index contributed by atoms with van der Waals surface area (Å²) in [5, 5.41) is 3.11. The maximum Gasteiger partial charge on any atom is 0.249 e. The number of hydrogen-bond donors (Lipinski definition) is 1. The zero-order valence-corrected chi connectivity index (χ0v) is 13.5. The number of hydrogen-bond acceptors (Lipinski definition) is 4. The van der Waals surface area contributed by atoms with Gasteiger partial charge in [0.25, 0.3) is 0 Å². The zero-order valence-electron chi connectivity index (χ0n) is 12.7. The van der Waals surface area contributed by atoms with E-state index < -0.39 is 6.04 Å². The van der Waals surface area contributed by atoms with E-state index in [-0.39, 0.29) is 24.1 Å². The molecule has 0 aliphatic carbocycles. The van der Waals surface area contributed by atoms with Crippen molar-refractivity contribution in [2.45, 2.75) is 30.3 Å². The van der Waals surface area contributed by atoms with Crippen LogP contribution in [0.25, 0.3) is 0 Å². The first-order valence-corrected chi connectivity index (χ1v) is 7.94. The summed E-state index contributed by atoms with van der Waals surface area (Å²) < 4.78 is 12.5. The Kier molecular flexibility index (Phi) is 5.79. The van der Waals surface area contributed by atoms with Crippen molar-refractivity contribution in [1.29, 1.82) is 0 Å². The van der Waals surface area contributed by atoms with Gasteiger partial charge in [0.1, 0.15) is 6.04 Å². The molecule has 1 saturated heterocycles. The monoisotopic (exact) mass is 325 g/mol. The van der Waals surface area contributed by atoms with E-state index in [1.165, 1.54) is 4.90 Å². The molecule has 22 heavy (non-hydrogen) atoms. The molecule has 1 aromatic carbocycles. The molecular formula is C15H20FN3O2S. The van der Waals surface area contributed by atoms with Crippen molar-refractivity contribution in [1.82, 2.24) is 10.2 Å². The maximum atomic E-state index is 12.8. The third-order valence-corrected chi connectivity index (χ3v) is 4.44. The number of nitrogens with zero attached hydrogens (tertiary/aromatic N) is 2. The predicted molar refractivity (Wildman–Crippen MR) is 85.5 cm³/mol. The SMILES string of the molecule is CCN(C(=O)C1CC(NC)CN1C=O)c1ccc(SF)cc1. The second kappa shape index (κ2) is 7.60. The fourth-order valence-corrected chi connectivity index (χ4v) is 2.99. The highest BCUT2D eigenvalue weighted by atomic mass is 32.2. The van der Waals surface area contributed by atoms with Crippen LogP contribution >= 0.6 is 12.1 Å². The quantitative estimate of drug-likeness (QED) is 0.811. The number of likely N-dealkylation sites (N-methyl/N-ethyl adjacent to an activating group) is 2. The molecule has 0 bridgehead atoms. The first-order valence-electron chi connectivity index (χ1n) is 7.22. The number of likely N-dealkylation sites (tertiary alicyclic amines) is 1. The largest absolute Gasteiger partial charge is 0.332 e. The molecule has 1 aromatic rings. The van der Waals surface area contributed by atoms with Gasteiger partial charge in [-0.2, -0.15) is 3.89 Å². The molecule has 2 amide bonds. The van der Waals surface area contributed by atoms with E-state index in [9.17, 15) is 13.5 Å². The van der Waals surface area contributed by atoms with E-state index in [0.717, 1.165) is 6.41 Å². The van der Waals surface area contributed by atoms with Gasteiger partial charge in [0.2, 0.25) is 12.3 Å². The average Bonchev–Trinajstić information content (AvgIpc) is 2.99. The molecule has 1 aliphatic heterocycles. The van der Waals surface area contributed by atoms with Crippen molar-refractivity contribution >= 4 is 30.2 Å². The standard InChI is InChI=1S/C15H20FN3O2S/c1-3-19(12-4-6-13(22-16)7-5-12)15(21)14-8-11(17-2)9-18(14)10-20/h4-7,10-11,14,17H,3,8-9H2,1-2H3. The fourth-order valence-electron chi connectivity index (χ4n) is 2.75. The predicted octanol–water partition coefficient (Wildman–Crippen LogP) is 1.83. The molecule has 2 atom stereocenters. The average molecular weight is 325 g/mol. The van der Waals surface area contributed by atoms with Gasteiger partial charge in [0.05, 0.1) is 12.1 Å². The summed E-state index contributed by atoms with van der Waals surface area (Å²) in [5.74, 6) is -0.104. The normalized spacial score (nSPS) is 21.0. The van der Waals surface area contributed by atoms with Crippen molar-refractivity contribution < 1.29 is 13.5 Å². The number of carbonyl (C=O) groups excluding carboxylic acids is 2. The van der Waals surface area contributed by atoms with Gasteiger partial charge in [0, 0.05) is 29.7 Å². The highest BCUT2D eigenvalue weighted by Gasteiger charge is 2.37. The molecule has 7 heteroatoms. The Morgan fingerprint density at radius 1 is 1.50 bits per heavy atom. The van der Waals surface area contributed by atoms with Gasteiger partial charge in [0.15, 0.2) is 0 Å². The molecule has 120 valence electrons. The molecule has 2 unspecified atom stereocenters. The van der Waals surface area contributed by atoms with E-state index in [1.54, 1.807) is 29.2 Å². The molecule has 0 saturated carbocycles. The fraction of sp³-hybridized carbons (Fsp3) is 0.467. The summed E-state index contributed by atoms with van der Waals surface area (Å²) >= 11 is 0.172. The van der Waals surface area contributed by atoms with Gasteiger partial charge in [-0.1, -0.05) is 0 Å². The number of nitrogens with one attached hydrogen (secondary N) is 1. The van der Waals surface area contributed by atoms with E-state index in [2.05, 4.69) is 5.32 Å². The molecule has 1 N–H and O–H groups in total. The van der Waals surface area contributed by atoms with Crippen LogP contribution < -0.4 is 10.2 Å². The van der Waals surface area contributed by atoms with Crippen molar-refractivity contribution in [3.63, 3.8) is 0 Å². The second-order valence-corrected chi connectivity index (χ2v) is 5.82. The summed E-state index contributed by atoms with van der Waals surface area (Å²) in [7, 11) is 1.82. The molecular weight excluding hydrogens is 305 g/mol. The van der Waals surface area contributed by atoms with E-state index in [1.807, 2.05) is 14.0 Å². The Bertz CT molecular complexity index is 526. The van der Waals surface area contributed by atoms with E-state index in [4.69, 9.17) is 0 Å². The zero-order chi connectivity index (χ0) is 16.1. The van der Waals surface area contributed by atoms with Crippen LogP contribution in [0.2, 0.25) is 0 Å². The Morgan fingerprint density at radius 2 is 2.18 bits per heavy atom. The summed E-state index contributed by atoms with van der Waals surface area (Å²) in [6, 6.07) is 6.39. The number of rotatable bonds is 6. The van der Waals surface area contributed by atoms with Crippen LogP contribution in [0.3, 0.4) is 0 Å². The van der Waals surface area contributed by atoms with Gasteiger partial charge in [-0.15, -0.1) is 0 Å². The Morgan fingerprint density at radius 3 is 2.68 bits per heavy atom. The van der Waals surface area contributed by atoms with Crippen LogP contribution in [0.4, 0.5) is 9.57 Å². The Hall–Kier alpha value is -1.60. The maximum absolute atomic E-state index is 12.8. The van der Waals surface area contributed by atoms with Crippen molar-refractivity contribution in [3.05, 3.63) is 24.3 Å². The van der Waals surface area contributed by atoms with Crippen LogP contribution in [-0.4, -0.2) is 49.4 Å². The minimum Gasteiger partial charge on any atom is -0.332 e. The number of halogens is 1.